The number of anilines is 1. The summed E-state index contributed by atoms with van der Waals surface area (Å²) in [4.78, 5) is 12.7. The van der Waals surface area contributed by atoms with Crippen LogP contribution in [0.2, 0.25) is 0 Å². The van der Waals surface area contributed by atoms with Crippen molar-refractivity contribution in [3.05, 3.63) is 59.2 Å². The largest absolute Gasteiger partial charge is 0.379 e. The van der Waals surface area contributed by atoms with Gasteiger partial charge in [-0.3, -0.25) is 4.79 Å². The van der Waals surface area contributed by atoms with Crippen molar-refractivity contribution in [1.29, 1.82) is 0 Å². The van der Waals surface area contributed by atoms with E-state index >= 15 is 0 Å². The van der Waals surface area contributed by atoms with Crippen molar-refractivity contribution in [2.75, 3.05) is 31.6 Å². The Hall–Kier alpha value is -2.22. The van der Waals surface area contributed by atoms with Crippen LogP contribution < -0.4 is 5.32 Å². The first-order valence-corrected chi connectivity index (χ1v) is 10.6. The molecule has 27 heavy (non-hydrogen) atoms. The SMILES string of the molecule is O=C(Nc1ccc(S(=O)(=O)N2CCOCC2)cc1)c1ccc2c(c1)CCC2. The van der Waals surface area contributed by atoms with Crippen LogP contribution in [0.5, 0.6) is 0 Å². The van der Waals surface area contributed by atoms with Crippen LogP contribution in [0.25, 0.3) is 0 Å². The number of nitrogens with one attached hydrogen (secondary N) is 1. The summed E-state index contributed by atoms with van der Waals surface area (Å²) in [5.41, 5.74) is 3.76. The lowest BCUT2D eigenvalue weighted by Crippen LogP contribution is -2.40. The fourth-order valence-corrected chi connectivity index (χ4v) is 4.97. The highest BCUT2D eigenvalue weighted by Gasteiger charge is 2.26. The standard InChI is InChI=1S/C20H22N2O4S/c23-20(17-5-4-15-2-1-3-16(15)14-17)21-18-6-8-19(9-7-18)27(24,25)22-10-12-26-13-11-22/h4-9,14H,1-3,10-13H2,(H,21,23). The zero-order valence-electron chi connectivity index (χ0n) is 15.0. The van der Waals surface area contributed by atoms with Crippen LogP contribution in [0, 0.1) is 0 Å². The Morgan fingerprint density at radius 1 is 0.963 bits per heavy atom. The summed E-state index contributed by atoms with van der Waals surface area (Å²) in [6.45, 7) is 1.54. The van der Waals surface area contributed by atoms with Gasteiger partial charge in [0.25, 0.3) is 5.91 Å². The molecule has 4 rings (SSSR count). The Bertz CT molecular complexity index is 948. The van der Waals surface area contributed by atoms with Crippen LogP contribution in [0.15, 0.2) is 47.4 Å². The van der Waals surface area contributed by atoms with E-state index in [9.17, 15) is 13.2 Å². The number of ether oxygens (including phenoxy) is 1. The summed E-state index contributed by atoms with van der Waals surface area (Å²) >= 11 is 0. The minimum absolute atomic E-state index is 0.187. The van der Waals surface area contributed by atoms with E-state index in [2.05, 4.69) is 5.32 Å². The van der Waals surface area contributed by atoms with Crippen molar-refractivity contribution in [2.24, 2.45) is 0 Å². The molecule has 0 radical (unpaired) electrons. The highest BCUT2D eigenvalue weighted by atomic mass is 32.2. The average molecular weight is 386 g/mol. The van der Waals surface area contributed by atoms with Gasteiger partial charge in [0.2, 0.25) is 10.0 Å². The molecule has 1 fully saturated rings. The maximum absolute atomic E-state index is 12.6. The molecule has 1 aliphatic carbocycles. The Morgan fingerprint density at radius 3 is 2.41 bits per heavy atom. The summed E-state index contributed by atoms with van der Waals surface area (Å²) in [6.07, 6.45) is 3.24. The number of carbonyl (C=O) groups excluding carboxylic acids is 1. The van der Waals surface area contributed by atoms with Gasteiger partial charge in [0.15, 0.2) is 0 Å². The van der Waals surface area contributed by atoms with Crippen LogP contribution in [0.3, 0.4) is 0 Å². The lowest BCUT2D eigenvalue weighted by molar-refractivity contribution is 0.0730. The lowest BCUT2D eigenvalue weighted by atomic mass is 10.1. The van der Waals surface area contributed by atoms with Crippen molar-refractivity contribution in [3.63, 3.8) is 0 Å². The van der Waals surface area contributed by atoms with E-state index in [-0.39, 0.29) is 10.8 Å². The molecule has 1 N–H and O–H groups in total. The molecule has 0 saturated carbocycles. The molecule has 1 aliphatic heterocycles. The van der Waals surface area contributed by atoms with Gasteiger partial charge in [-0.1, -0.05) is 6.07 Å². The number of fused-ring (bicyclic) bond motifs is 1. The molecule has 2 aliphatic rings. The molecule has 1 amide bonds. The van der Waals surface area contributed by atoms with E-state index in [0.29, 0.717) is 37.6 Å². The van der Waals surface area contributed by atoms with E-state index in [4.69, 9.17) is 4.74 Å². The second kappa shape index (κ2) is 7.42. The van der Waals surface area contributed by atoms with Crippen molar-refractivity contribution in [2.45, 2.75) is 24.2 Å². The molecule has 7 heteroatoms. The number of carbonyl (C=O) groups is 1. The Kier molecular flexibility index (Phi) is 4.99. The number of hydrogen-bond donors (Lipinski definition) is 1. The summed E-state index contributed by atoms with van der Waals surface area (Å²) < 4.78 is 31.9. The Labute approximate surface area is 159 Å². The Balaban J connectivity index is 1.47. The molecule has 142 valence electrons. The van der Waals surface area contributed by atoms with Crippen molar-refractivity contribution in [3.8, 4) is 0 Å². The third kappa shape index (κ3) is 3.76. The third-order valence-electron chi connectivity index (χ3n) is 5.08. The van der Waals surface area contributed by atoms with Gasteiger partial charge >= 0.3 is 0 Å². The van der Waals surface area contributed by atoms with Crippen LogP contribution in [-0.2, 0) is 27.6 Å². The van der Waals surface area contributed by atoms with Gasteiger partial charge in [-0.15, -0.1) is 0 Å². The van der Waals surface area contributed by atoms with Gasteiger partial charge in [-0.25, -0.2) is 8.42 Å². The van der Waals surface area contributed by atoms with E-state index in [1.807, 2.05) is 18.2 Å². The molecule has 0 spiro atoms. The minimum Gasteiger partial charge on any atom is -0.379 e. The van der Waals surface area contributed by atoms with Crippen LogP contribution in [-0.4, -0.2) is 44.9 Å². The fourth-order valence-electron chi connectivity index (χ4n) is 3.56. The number of aryl methyl sites for hydroxylation is 2. The number of rotatable bonds is 4. The predicted octanol–water partition coefficient (Wildman–Crippen LogP) is 2.45. The number of nitrogens with zero attached hydrogens (tertiary/aromatic N) is 1. The molecule has 6 nitrogen and oxygen atoms in total. The molecule has 0 atom stereocenters. The fraction of sp³-hybridized carbons (Fsp3) is 0.350. The lowest BCUT2D eigenvalue weighted by Gasteiger charge is -2.26. The second-order valence-electron chi connectivity index (χ2n) is 6.83. The van der Waals surface area contributed by atoms with Gasteiger partial charge in [-0.05, 0) is 66.8 Å². The van der Waals surface area contributed by atoms with Gasteiger partial charge in [0.05, 0.1) is 18.1 Å². The maximum Gasteiger partial charge on any atom is 0.255 e. The van der Waals surface area contributed by atoms with Gasteiger partial charge in [-0.2, -0.15) is 4.31 Å². The summed E-state index contributed by atoms with van der Waals surface area (Å²) in [5.74, 6) is -0.187. The number of hydrogen-bond acceptors (Lipinski definition) is 4. The van der Waals surface area contributed by atoms with Crippen molar-refractivity contribution >= 4 is 21.6 Å². The minimum atomic E-state index is -3.53. The third-order valence-corrected chi connectivity index (χ3v) is 6.99. The first-order valence-electron chi connectivity index (χ1n) is 9.15. The molecule has 0 bridgehead atoms. The topological polar surface area (TPSA) is 75.7 Å². The molecule has 0 unspecified atom stereocenters. The molecule has 2 aromatic rings. The van der Waals surface area contributed by atoms with Crippen molar-refractivity contribution in [1.82, 2.24) is 4.31 Å². The van der Waals surface area contributed by atoms with E-state index < -0.39 is 10.0 Å². The second-order valence-corrected chi connectivity index (χ2v) is 8.77. The van der Waals surface area contributed by atoms with Crippen LogP contribution in [0.4, 0.5) is 5.69 Å². The molecular formula is C20H22N2O4S. The normalized spacial score (nSPS) is 17.5. The molecule has 0 aromatic heterocycles. The Morgan fingerprint density at radius 2 is 1.67 bits per heavy atom. The van der Waals surface area contributed by atoms with Crippen LogP contribution >= 0.6 is 0 Å². The zero-order valence-corrected chi connectivity index (χ0v) is 15.8. The molecular weight excluding hydrogens is 364 g/mol. The first-order chi connectivity index (χ1) is 13.0. The molecule has 1 heterocycles. The molecule has 2 aromatic carbocycles. The smallest absolute Gasteiger partial charge is 0.255 e. The van der Waals surface area contributed by atoms with Crippen molar-refractivity contribution < 1.29 is 17.9 Å². The molecule has 1 saturated heterocycles. The number of morpholine rings is 1. The summed E-state index contributed by atoms with van der Waals surface area (Å²) in [7, 11) is -3.53. The summed E-state index contributed by atoms with van der Waals surface area (Å²) in [5, 5.41) is 2.84. The highest BCUT2D eigenvalue weighted by Crippen LogP contribution is 2.24. The van der Waals surface area contributed by atoms with E-state index in [0.717, 1.165) is 19.3 Å². The van der Waals surface area contributed by atoms with E-state index in [1.54, 1.807) is 12.1 Å². The average Bonchev–Trinajstić information content (AvgIpc) is 3.17. The number of benzene rings is 2. The quantitative estimate of drug-likeness (QED) is 0.876. The van der Waals surface area contributed by atoms with Gasteiger partial charge < -0.3 is 10.1 Å². The van der Waals surface area contributed by atoms with Crippen LogP contribution in [0.1, 0.15) is 27.9 Å². The zero-order chi connectivity index (χ0) is 18.9. The number of sulfonamides is 1. The highest BCUT2D eigenvalue weighted by molar-refractivity contribution is 7.89. The summed E-state index contributed by atoms with van der Waals surface area (Å²) in [6, 6.07) is 12.1. The van der Waals surface area contributed by atoms with Gasteiger partial charge in [0, 0.05) is 24.3 Å². The monoisotopic (exact) mass is 386 g/mol. The van der Waals surface area contributed by atoms with E-state index in [1.165, 1.54) is 27.6 Å². The van der Waals surface area contributed by atoms with Gasteiger partial charge in [0.1, 0.15) is 0 Å². The predicted molar refractivity (Wildman–Crippen MR) is 102 cm³/mol. The first kappa shape index (κ1) is 18.2. The maximum atomic E-state index is 12.6. The number of amides is 1.